The lowest BCUT2D eigenvalue weighted by atomic mass is 9.97. The molecule has 11 nitrogen and oxygen atoms in total. The van der Waals surface area contributed by atoms with Crippen molar-refractivity contribution in [2.45, 2.75) is 63.7 Å². The van der Waals surface area contributed by atoms with Gasteiger partial charge in [-0.15, -0.1) is 0 Å². The van der Waals surface area contributed by atoms with Crippen molar-refractivity contribution in [2.75, 3.05) is 6.61 Å². The van der Waals surface area contributed by atoms with Crippen LogP contribution in [-0.4, -0.2) is 43.3 Å². The van der Waals surface area contributed by atoms with Crippen LogP contribution in [0.3, 0.4) is 0 Å². The molecule has 0 bridgehead atoms. The summed E-state index contributed by atoms with van der Waals surface area (Å²) in [5.74, 6) is -0.789. The first-order valence-corrected chi connectivity index (χ1v) is 22.5. The molecule has 1 aliphatic rings. The third-order valence-electron chi connectivity index (χ3n) is 11.3. The van der Waals surface area contributed by atoms with Gasteiger partial charge in [-0.05, 0) is 52.1 Å². The molecule has 2 heterocycles. The highest BCUT2D eigenvalue weighted by Crippen LogP contribution is 2.38. The summed E-state index contributed by atoms with van der Waals surface area (Å²) in [5.41, 5.74) is 4.16. The fourth-order valence-electron chi connectivity index (χ4n) is 7.87. The van der Waals surface area contributed by atoms with Gasteiger partial charge in [-0.1, -0.05) is 170 Å². The number of hydrogen-bond acceptors (Lipinski definition) is 11. The van der Waals surface area contributed by atoms with Crippen molar-refractivity contribution in [3.63, 3.8) is 0 Å². The summed E-state index contributed by atoms with van der Waals surface area (Å²) in [6, 6.07) is 62.3. The Labute approximate surface area is 394 Å². The second-order valence-corrected chi connectivity index (χ2v) is 16.2. The number of esters is 1. The molecule has 1 aliphatic heterocycles. The van der Waals surface area contributed by atoms with Crippen molar-refractivity contribution in [3.05, 3.63) is 244 Å². The highest BCUT2D eigenvalue weighted by Gasteiger charge is 2.50. The van der Waals surface area contributed by atoms with E-state index < -0.39 is 42.3 Å². The zero-order valence-corrected chi connectivity index (χ0v) is 37.2. The molecule has 1 fully saturated rings. The standard InChI is InChI=1S/C57H50O11/c58-55(45-29-17-6-18-30-45)68-53-50(61-35-41-21-9-2-10-22-41)47-32-31-46(33-48(47)66-56(53)59)65-57-54(64-38-44-27-15-5-16-28-44)52(63-37-43-25-13-4-14-26-43)51(62-36-42-23-11-3-12-24-42)49(67-57)39-60-34-40-19-7-1-8-20-40/h1-33,49,51-52,54,57H,34-39H2/t49-,51+,52+,54-,57-/m1/s1. The summed E-state index contributed by atoms with van der Waals surface area (Å²) in [5, 5.41) is 0.371. The van der Waals surface area contributed by atoms with E-state index in [1.54, 1.807) is 48.5 Å². The maximum absolute atomic E-state index is 13.8. The second kappa shape index (κ2) is 22.9. The zero-order chi connectivity index (χ0) is 46.3. The minimum absolute atomic E-state index is 0.0392. The summed E-state index contributed by atoms with van der Waals surface area (Å²) < 4.78 is 58.5. The van der Waals surface area contributed by atoms with Gasteiger partial charge in [0.25, 0.3) is 5.75 Å². The number of carbonyl (C=O) groups excluding carboxylic acids is 1. The Balaban J connectivity index is 1.07. The number of fused-ring (bicyclic) bond motifs is 1. The number of carbonyl (C=O) groups is 1. The molecule has 68 heavy (non-hydrogen) atoms. The minimum atomic E-state index is -1.09. The molecule has 0 aliphatic carbocycles. The number of rotatable bonds is 20. The van der Waals surface area contributed by atoms with Crippen LogP contribution in [0.1, 0.15) is 38.2 Å². The summed E-state index contributed by atoms with van der Waals surface area (Å²) in [4.78, 5) is 27.1. The first kappa shape index (κ1) is 45.8. The monoisotopic (exact) mass is 910 g/mol. The Morgan fingerprint density at radius 2 is 0.956 bits per heavy atom. The van der Waals surface area contributed by atoms with Crippen LogP contribution in [0.2, 0.25) is 0 Å². The largest absolute Gasteiger partial charge is 0.484 e. The minimum Gasteiger partial charge on any atom is -0.484 e. The van der Waals surface area contributed by atoms with Gasteiger partial charge in [-0.3, -0.25) is 0 Å². The van der Waals surface area contributed by atoms with Gasteiger partial charge in [-0.25, -0.2) is 9.59 Å². The molecule has 9 rings (SSSR count). The number of hydrogen-bond donors (Lipinski definition) is 0. The summed E-state index contributed by atoms with van der Waals surface area (Å²) in [6.07, 6.45) is -4.10. The van der Waals surface area contributed by atoms with E-state index in [1.807, 2.05) is 152 Å². The van der Waals surface area contributed by atoms with Gasteiger partial charge in [0.2, 0.25) is 6.29 Å². The fraction of sp³-hybridized carbons (Fsp3) is 0.193. The maximum atomic E-state index is 13.8. The highest BCUT2D eigenvalue weighted by molar-refractivity contribution is 5.93. The van der Waals surface area contributed by atoms with Crippen LogP contribution >= 0.6 is 0 Å². The van der Waals surface area contributed by atoms with Crippen LogP contribution in [0.5, 0.6) is 17.2 Å². The van der Waals surface area contributed by atoms with Crippen LogP contribution in [0.15, 0.2) is 209 Å². The predicted octanol–water partition coefficient (Wildman–Crippen LogP) is 10.7. The van der Waals surface area contributed by atoms with Crippen LogP contribution in [0.25, 0.3) is 11.0 Å². The van der Waals surface area contributed by atoms with Gasteiger partial charge in [0.1, 0.15) is 42.4 Å². The van der Waals surface area contributed by atoms with Gasteiger partial charge in [0.05, 0.1) is 44.0 Å². The molecule has 344 valence electrons. The van der Waals surface area contributed by atoms with Gasteiger partial charge in [0.15, 0.2) is 5.75 Å². The average molecular weight is 911 g/mol. The van der Waals surface area contributed by atoms with E-state index in [0.29, 0.717) is 12.0 Å². The smallest absolute Gasteiger partial charge is 0.383 e. The Morgan fingerprint density at radius 1 is 0.485 bits per heavy atom. The number of ether oxygens (including phenoxy) is 8. The lowest BCUT2D eigenvalue weighted by molar-refractivity contribution is -0.310. The van der Waals surface area contributed by atoms with E-state index in [9.17, 15) is 9.59 Å². The molecule has 7 aromatic carbocycles. The van der Waals surface area contributed by atoms with Gasteiger partial charge in [-0.2, -0.15) is 0 Å². The topological polar surface area (TPSA) is 121 Å². The van der Waals surface area contributed by atoms with Crippen molar-refractivity contribution >= 4 is 16.9 Å². The van der Waals surface area contributed by atoms with Crippen molar-refractivity contribution in [1.82, 2.24) is 0 Å². The Bertz CT molecular complexity index is 2860. The first-order chi connectivity index (χ1) is 33.5. The van der Waals surface area contributed by atoms with Crippen LogP contribution in [0.4, 0.5) is 0 Å². The molecular formula is C57H50O11. The molecule has 0 spiro atoms. The summed E-state index contributed by atoms with van der Waals surface area (Å²) >= 11 is 0. The molecular weight excluding hydrogens is 861 g/mol. The van der Waals surface area contributed by atoms with Crippen molar-refractivity contribution in [1.29, 1.82) is 0 Å². The van der Waals surface area contributed by atoms with E-state index in [0.717, 1.165) is 27.8 Å². The lowest BCUT2D eigenvalue weighted by Gasteiger charge is -2.45. The molecule has 5 atom stereocenters. The third-order valence-corrected chi connectivity index (χ3v) is 11.3. The quantitative estimate of drug-likeness (QED) is 0.0537. The molecule has 0 radical (unpaired) electrons. The molecule has 0 amide bonds. The fourth-order valence-corrected chi connectivity index (χ4v) is 7.87. The number of benzene rings is 7. The van der Waals surface area contributed by atoms with Crippen LogP contribution < -0.4 is 19.8 Å². The Kier molecular flexibility index (Phi) is 15.4. The van der Waals surface area contributed by atoms with Gasteiger partial charge in [0, 0.05) is 6.07 Å². The second-order valence-electron chi connectivity index (χ2n) is 16.2. The molecule has 8 aromatic rings. The summed E-state index contributed by atoms with van der Waals surface area (Å²) in [7, 11) is 0. The molecule has 1 aromatic heterocycles. The Hall–Kier alpha value is -7.38. The van der Waals surface area contributed by atoms with E-state index in [4.69, 9.17) is 42.3 Å². The SMILES string of the molecule is O=C(Oc1c(OCc2ccccc2)c2ccc(O[C@@H]3O[C@H](COCc4ccccc4)[C@H](OCc4ccccc4)[C@H](OCc4ccccc4)[C@H]3OCc3ccccc3)cc2oc1=O)c1ccccc1. The molecule has 11 heteroatoms. The van der Waals surface area contributed by atoms with Crippen molar-refractivity contribution < 1.29 is 47.1 Å². The van der Waals surface area contributed by atoms with E-state index in [-0.39, 0.29) is 61.4 Å². The van der Waals surface area contributed by atoms with Crippen LogP contribution in [-0.2, 0) is 56.7 Å². The molecule has 0 N–H and O–H groups in total. The summed E-state index contributed by atoms with van der Waals surface area (Å²) in [6.45, 7) is 1.27. The molecule has 0 unspecified atom stereocenters. The zero-order valence-electron chi connectivity index (χ0n) is 37.2. The van der Waals surface area contributed by atoms with E-state index in [1.165, 1.54) is 0 Å². The average Bonchev–Trinajstić information content (AvgIpc) is 3.39. The Morgan fingerprint density at radius 3 is 1.50 bits per heavy atom. The molecule has 1 saturated heterocycles. The third kappa shape index (κ3) is 11.9. The maximum Gasteiger partial charge on any atom is 0.383 e. The normalized spacial score (nSPS) is 17.9. The lowest BCUT2D eigenvalue weighted by Crippen LogP contribution is -2.62. The molecule has 0 saturated carbocycles. The van der Waals surface area contributed by atoms with Gasteiger partial charge >= 0.3 is 11.6 Å². The van der Waals surface area contributed by atoms with Gasteiger partial charge < -0.3 is 42.3 Å². The predicted molar refractivity (Wildman–Crippen MR) is 255 cm³/mol. The van der Waals surface area contributed by atoms with Crippen LogP contribution in [0, 0.1) is 0 Å². The van der Waals surface area contributed by atoms with E-state index >= 15 is 0 Å². The highest BCUT2D eigenvalue weighted by atomic mass is 16.7. The van der Waals surface area contributed by atoms with Crippen molar-refractivity contribution in [3.8, 4) is 17.2 Å². The van der Waals surface area contributed by atoms with Crippen molar-refractivity contribution in [2.24, 2.45) is 0 Å². The van der Waals surface area contributed by atoms with E-state index in [2.05, 4.69) is 0 Å². The first-order valence-electron chi connectivity index (χ1n) is 22.5.